The maximum atomic E-state index is 10.9. The van der Waals surface area contributed by atoms with E-state index in [1.807, 2.05) is 0 Å². The lowest BCUT2D eigenvalue weighted by Crippen LogP contribution is -2.51. The normalized spacial score (nSPS) is 27.0. The first kappa shape index (κ1) is 16.7. The van der Waals surface area contributed by atoms with Gasteiger partial charge in [0.05, 0.1) is 0 Å². The molecule has 4 amide bonds. The van der Waals surface area contributed by atoms with Crippen LogP contribution in [0, 0.1) is 0 Å². The van der Waals surface area contributed by atoms with Crippen molar-refractivity contribution in [3.05, 3.63) is 0 Å². The van der Waals surface area contributed by atoms with Crippen LogP contribution in [0.1, 0.15) is 64.2 Å². The van der Waals surface area contributed by atoms with E-state index in [0.717, 1.165) is 51.4 Å². The van der Waals surface area contributed by atoms with Crippen molar-refractivity contribution in [1.29, 1.82) is 0 Å². The van der Waals surface area contributed by atoms with Gasteiger partial charge in [-0.25, -0.2) is 0 Å². The minimum atomic E-state index is -0.475. The lowest BCUT2D eigenvalue weighted by molar-refractivity contribution is -0.135. The topological polar surface area (TPSA) is 116 Å². The van der Waals surface area contributed by atoms with E-state index in [1.54, 1.807) is 0 Å². The van der Waals surface area contributed by atoms with Crippen LogP contribution in [0.5, 0.6) is 0 Å². The molecule has 0 atom stereocenters. The molecule has 4 N–H and O–H groups in total. The van der Waals surface area contributed by atoms with Crippen LogP contribution < -0.4 is 21.3 Å². The third-order valence-corrected chi connectivity index (χ3v) is 5.24. The van der Waals surface area contributed by atoms with Crippen molar-refractivity contribution >= 4 is 23.6 Å². The number of carbonyl (C=O) groups excluding carboxylic acids is 4. The Morgan fingerprint density at radius 2 is 0.708 bits per heavy atom. The number of carbonyl (C=O) groups is 4. The molecule has 2 heterocycles. The molecule has 0 aromatic carbocycles. The molecule has 4 aliphatic rings. The third kappa shape index (κ3) is 3.37. The number of nitrogens with one attached hydrogen (secondary N) is 4. The van der Waals surface area contributed by atoms with E-state index in [4.69, 9.17) is 0 Å². The van der Waals surface area contributed by atoms with Crippen molar-refractivity contribution in [2.75, 3.05) is 0 Å². The Kier molecular flexibility index (Phi) is 4.47. The van der Waals surface area contributed by atoms with Crippen molar-refractivity contribution in [1.82, 2.24) is 21.3 Å². The van der Waals surface area contributed by atoms with Gasteiger partial charge in [0.25, 0.3) is 0 Å². The van der Waals surface area contributed by atoms with E-state index in [0.29, 0.717) is 0 Å². The summed E-state index contributed by atoms with van der Waals surface area (Å²) in [5.41, 5.74) is -0.765. The first-order valence-corrected chi connectivity index (χ1v) is 8.73. The van der Waals surface area contributed by atoms with Crippen LogP contribution in [0.4, 0.5) is 0 Å². The highest BCUT2D eigenvalue weighted by Crippen LogP contribution is 2.28. The van der Waals surface area contributed by atoms with Crippen LogP contribution in [0.15, 0.2) is 0 Å². The first-order chi connectivity index (χ1) is 11.4. The number of hydrogen-bond donors (Lipinski definition) is 4. The first-order valence-electron chi connectivity index (χ1n) is 8.73. The van der Waals surface area contributed by atoms with E-state index >= 15 is 0 Å². The third-order valence-electron chi connectivity index (χ3n) is 5.24. The quantitative estimate of drug-likeness (QED) is 0.458. The Balaban J connectivity index is 0.000000141. The Labute approximate surface area is 140 Å². The molecule has 24 heavy (non-hydrogen) atoms. The minimum absolute atomic E-state index is 0.383. The highest BCUT2D eigenvalue weighted by Gasteiger charge is 2.43. The SMILES string of the molecule is O=C1NC2(CCCCC2)NC1=O.O=C1NC2(CCCCC2)NC1=O. The van der Waals surface area contributed by atoms with Crippen LogP contribution in [0.3, 0.4) is 0 Å². The van der Waals surface area contributed by atoms with E-state index in [9.17, 15) is 19.2 Å². The summed E-state index contributed by atoms with van der Waals surface area (Å²) in [6, 6.07) is 0. The molecule has 0 bridgehead atoms. The molecule has 2 aliphatic heterocycles. The summed E-state index contributed by atoms with van der Waals surface area (Å²) in [6.07, 6.45) is 10.3. The van der Waals surface area contributed by atoms with E-state index in [2.05, 4.69) is 21.3 Å². The van der Waals surface area contributed by atoms with Gasteiger partial charge in [0.15, 0.2) is 0 Å². The van der Waals surface area contributed by atoms with Gasteiger partial charge in [-0.05, 0) is 51.4 Å². The second kappa shape index (κ2) is 6.41. The minimum Gasteiger partial charge on any atom is -0.325 e. The van der Waals surface area contributed by atoms with Gasteiger partial charge in [-0.1, -0.05) is 12.8 Å². The molecular formula is C16H24N4O4. The lowest BCUT2D eigenvalue weighted by atomic mass is 9.90. The van der Waals surface area contributed by atoms with Crippen LogP contribution in [0.25, 0.3) is 0 Å². The van der Waals surface area contributed by atoms with E-state index < -0.39 is 23.6 Å². The zero-order valence-corrected chi connectivity index (χ0v) is 13.7. The molecule has 2 spiro atoms. The Bertz CT molecular complexity index is 476. The molecule has 2 saturated heterocycles. The molecule has 0 unspecified atom stereocenters. The van der Waals surface area contributed by atoms with Gasteiger partial charge in [-0.2, -0.15) is 0 Å². The zero-order chi connectivity index (χ0) is 17.2. The predicted molar refractivity (Wildman–Crippen MR) is 84.2 cm³/mol. The summed E-state index contributed by atoms with van der Waals surface area (Å²) >= 11 is 0. The molecular weight excluding hydrogens is 312 g/mol. The average Bonchev–Trinajstić information content (AvgIpc) is 2.97. The standard InChI is InChI=1S/2C8H12N2O2/c2*11-6-7(12)10-8(9-6)4-2-1-3-5-8/h2*1-5H2,(H,9,11)(H,10,12). The van der Waals surface area contributed by atoms with E-state index in [-0.39, 0.29) is 11.3 Å². The van der Waals surface area contributed by atoms with Crippen LogP contribution in [-0.4, -0.2) is 35.0 Å². The fraction of sp³-hybridized carbons (Fsp3) is 0.750. The van der Waals surface area contributed by atoms with Crippen molar-refractivity contribution < 1.29 is 19.2 Å². The van der Waals surface area contributed by atoms with Gasteiger partial charge in [0, 0.05) is 0 Å². The van der Waals surface area contributed by atoms with Gasteiger partial charge in [0.2, 0.25) is 0 Å². The summed E-state index contributed by atoms with van der Waals surface area (Å²) in [4.78, 5) is 43.7. The summed E-state index contributed by atoms with van der Waals surface area (Å²) in [5.74, 6) is -1.90. The molecule has 4 rings (SSSR count). The molecule has 8 nitrogen and oxygen atoms in total. The van der Waals surface area contributed by atoms with Gasteiger partial charge >= 0.3 is 23.6 Å². The van der Waals surface area contributed by atoms with Crippen LogP contribution in [-0.2, 0) is 19.2 Å². The number of hydrogen-bond acceptors (Lipinski definition) is 4. The second-order valence-electron chi connectivity index (χ2n) is 7.10. The molecule has 0 aromatic heterocycles. The van der Waals surface area contributed by atoms with Crippen molar-refractivity contribution in [3.8, 4) is 0 Å². The Morgan fingerprint density at radius 1 is 0.458 bits per heavy atom. The number of amides is 4. The van der Waals surface area contributed by atoms with Gasteiger partial charge in [-0.3, -0.25) is 19.2 Å². The second-order valence-corrected chi connectivity index (χ2v) is 7.10. The number of rotatable bonds is 0. The summed E-state index contributed by atoms with van der Waals surface area (Å²) in [6.45, 7) is 0. The predicted octanol–water partition coefficient (Wildman–Crippen LogP) is -0.214. The summed E-state index contributed by atoms with van der Waals surface area (Å²) in [5, 5.41) is 10.9. The molecule has 132 valence electrons. The monoisotopic (exact) mass is 336 g/mol. The fourth-order valence-electron chi connectivity index (χ4n) is 3.97. The molecule has 2 saturated carbocycles. The van der Waals surface area contributed by atoms with Gasteiger partial charge in [-0.15, -0.1) is 0 Å². The maximum Gasteiger partial charge on any atom is 0.311 e. The molecule has 8 heteroatoms. The average molecular weight is 336 g/mol. The zero-order valence-electron chi connectivity index (χ0n) is 13.7. The highest BCUT2D eigenvalue weighted by atomic mass is 16.2. The molecule has 0 radical (unpaired) electrons. The van der Waals surface area contributed by atoms with Crippen molar-refractivity contribution in [2.45, 2.75) is 75.5 Å². The van der Waals surface area contributed by atoms with E-state index in [1.165, 1.54) is 12.8 Å². The van der Waals surface area contributed by atoms with Crippen LogP contribution in [0.2, 0.25) is 0 Å². The van der Waals surface area contributed by atoms with Crippen molar-refractivity contribution in [3.63, 3.8) is 0 Å². The Hall–Kier alpha value is -2.12. The van der Waals surface area contributed by atoms with Crippen molar-refractivity contribution in [2.24, 2.45) is 0 Å². The largest absolute Gasteiger partial charge is 0.325 e. The summed E-state index contributed by atoms with van der Waals surface area (Å²) < 4.78 is 0. The molecule has 0 aromatic rings. The van der Waals surface area contributed by atoms with Gasteiger partial charge < -0.3 is 21.3 Å². The maximum absolute atomic E-state index is 10.9. The van der Waals surface area contributed by atoms with Crippen LogP contribution >= 0.6 is 0 Å². The molecule has 2 aliphatic carbocycles. The lowest BCUT2D eigenvalue weighted by Gasteiger charge is -2.32. The van der Waals surface area contributed by atoms with Gasteiger partial charge in [0.1, 0.15) is 11.3 Å². The molecule has 4 fully saturated rings. The smallest absolute Gasteiger partial charge is 0.311 e. The highest BCUT2D eigenvalue weighted by molar-refractivity contribution is 6.37. The summed E-state index contributed by atoms with van der Waals surface area (Å²) in [7, 11) is 0. The Morgan fingerprint density at radius 3 is 0.958 bits per heavy atom. The fourth-order valence-corrected chi connectivity index (χ4v) is 3.97.